The quantitative estimate of drug-likeness (QED) is 0.534. The van der Waals surface area contributed by atoms with Crippen molar-refractivity contribution in [1.82, 2.24) is 10.2 Å². The van der Waals surface area contributed by atoms with Crippen LogP contribution in [-0.2, 0) is 15.1 Å². The van der Waals surface area contributed by atoms with Gasteiger partial charge in [-0.05, 0) is 37.3 Å². The summed E-state index contributed by atoms with van der Waals surface area (Å²) >= 11 is 12.1. The fraction of sp³-hybridized carbons (Fsp3) is 0.200. The molecule has 2 aromatic rings. The van der Waals surface area contributed by atoms with Crippen LogP contribution < -0.4 is 10.6 Å². The summed E-state index contributed by atoms with van der Waals surface area (Å²) in [5.74, 6) is -2.77. The molecular formula is C20H16Cl2FN3O4. The van der Waals surface area contributed by atoms with E-state index in [0.717, 1.165) is 6.07 Å². The molecule has 0 bridgehead atoms. The molecule has 1 unspecified atom stereocenters. The number of anilines is 1. The molecule has 30 heavy (non-hydrogen) atoms. The molecule has 10 heteroatoms. The maximum Gasteiger partial charge on any atom is 0.325 e. The second-order valence-corrected chi connectivity index (χ2v) is 7.71. The van der Waals surface area contributed by atoms with E-state index >= 15 is 0 Å². The van der Waals surface area contributed by atoms with Gasteiger partial charge < -0.3 is 10.6 Å². The topological polar surface area (TPSA) is 95.6 Å². The van der Waals surface area contributed by atoms with E-state index in [1.165, 1.54) is 44.2 Å². The molecule has 1 saturated heterocycles. The van der Waals surface area contributed by atoms with E-state index in [-0.39, 0.29) is 16.3 Å². The Morgan fingerprint density at radius 2 is 1.87 bits per heavy atom. The van der Waals surface area contributed by atoms with Crippen molar-refractivity contribution in [2.24, 2.45) is 0 Å². The van der Waals surface area contributed by atoms with E-state index in [0.29, 0.717) is 15.5 Å². The zero-order chi connectivity index (χ0) is 22.2. The van der Waals surface area contributed by atoms with Gasteiger partial charge in [-0.3, -0.25) is 19.3 Å². The number of hydrogen-bond acceptors (Lipinski definition) is 4. The first kappa shape index (κ1) is 21.7. The predicted molar refractivity (Wildman–Crippen MR) is 109 cm³/mol. The summed E-state index contributed by atoms with van der Waals surface area (Å²) in [6.45, 7) is 2.05. The van der Waals surface area contributed by atoms with Gasteiger partial charge in [-0.1, -0.05) is 29.3 Å². The number of hydrogen-bond donors (Lipinski definition) is 2. The molecule has 7 nitrogen and oxygen atoms in total. The van der Waals surface area contributed by atoms with Crippen LogP contribution in [-0.4, -0.2) is 35.1 Å². The molecule has 0 radical (unpaired) electrons. The molecule has 2 N–H and O–H groups in total. The highest BCUT2D eigenvalue weighted by molar-refractivity contribution is 6.35. The highest BCUT2D eigenvalue weighted by atomic mass is 35.5. The molecule has 0 spiro atoms. The monoisotopic (exact) mass is 451 g/mol. The summed E-state index contributed by atoms with van der Waals surface area (Å²) in [5, 5.41) is 5.45. The first-order chi connectivity index (χ1) is 14.0. The number of Topliss-reactive ketones (excluding diaryl/α,β-unsaturated/α-hetero) is 1. The highest BCUT2D eigenvalue weighted by Crippen LogP contribution is 2.35. The predicted octanol–water partition coefficient (Wildman–Crippen LogP) is 3.74. The van der Waals surface area contributed by atoms with Crippen molar-refractivity contribution < 1.29 is 23.6 Å². The highest BCUT2D eigenvalue weighted by Gasteiger charge is 2.50. The molecule has 1 fully saturated rings. The Labute approximate surface area is 181 Å². The summed E-state index contributed by atoms with van der Waals surface area (Å²) in [6.07, 6.45) is 0. The van der Waals surface area contributed by atoms with Crippen molar-refractivity contribution in [2.45, 2.75) is 19.4 Å². The van der Waals surface area contributed by atoms with Crippen molar-refractivity contribution in [1.29, 1.82) is 0 Å². The lowest BCUT2D eigenvalue weighted by Crippen LogP contribution is -2.41. The van der Waals surface area contributed by atoms with Gasteiger partial charge in [0.05, 0.1) is 12.1 Å². The number of nitrogens with zero attached hydrogens (tertiary/aromatic N) is 1. The minimum atomic E-state index is -1.51. The average molecular weight is 452 g/mol. The number of nitrogens with one attached hydrogen (secondary N) is 2. The normalized spacial score (nSPS) is 18.4. The Kier molecular flexibility index (Phi) is 5.83. The number of ketones is 1. The third-order valence-electron chi connectivity index (χ3n) is 4.64. The van der Waals surface area contributed by atoms with E-state index in [1.54, 1.807) is 0 Å². The van der Waals surface area contributed by atoms with E-state index in [1.807, 2.05) is 0 Å². The fourth-order valence-corrected chi connectivity index (χ4v) is 3.77. The number of carbonyl (C=O) groups excluding carboxylic acids is 4. The molecule has 4 amide bonds. The second kappa shape index (κ2) is 8.04. The second-order valence-electron chi connectivity index (χ2n) is 6.87. The van der Waals surface area contributed by atoms with Crippen LogP contribution in [0, 0.1) is 5.82 Å². The first-order valence-corrected chi connectivity index (χ1v) is 9.48. The van der Waals surface area contributed by atoms with Crippen LogP contribution in [0.1, 0.15) is 29.8 Å². The number of imide groups is 1. The largest absolute Gasteiger partial charge is 0.326 e. The van der Waals surface area contributed by atoms with Crippen LogP contribution in [0.25, 0.3) is 0 Å². The van der Waals surface area contributed by atoms with Gasteiger partial charge in [0.2, 0.25) is 5.91 Å². The Morgan fingerprint density at radius 3 is 2.47 bits per heavy atom. The fourth-order valence-electron chi connectivity index (χ4n) is 3.17. The van der Waals surface area contributed by atoms with Crippen molar-refractivity contribution in [2.75, 3.05) is 11.9 Å². The molecule has 1 atom stereocenters. The Bertz CT molecular complexity index is 1090. The van der Waals surface area contributed by atoms with Crippen molar-refractivity contribution in [3.63, 3.8) is 0 Å². The minimum Gasteiger partial charge on any atom is -0.326 e. The molecule has 0 aliphatic carbocycles. The van der Waals surface area contributed by atoms with E-state index in [4.69, 9.17) is 23.2 Å². The van der Waals surface area contributed by atoms with Crippen LogP contribution in [0.3, 0.4) is 0 Å². The SMILES string of the molecule is CC(=O)Nc1ccc(C(=O)CN2C(=O)NC(C)(c3ccc(Cl)cc3Cl)C2=O)c(F)c1. The van der Waals surface area contributed by atoms with Gasteiger partial charge in [-0.2, -0.15) is 0 Å². The summed E-state index contributed by atoms with van der Waals surface area (Å²) in [5.41, 5.74) is -1.33. The molecule has 1 aliphatic rings. The maximum atomic E-state index is 14.3. The Morgan fingerprint density at radius 1 is 1.17 bits per heavy atom. The number of benzene rings is 2. The first-order valence-electron chi connectivity index (χ1n) is 8.73. The summed E-state index contributed by atoms with van der Waals surface area (Å²) in [6, 6.07) is 7.16. The molecule has 1 aliphatic heterocycles. The van der Waals surface area contributed by atoms with Gasteiger partial charge in [0, 0.05) is 28.2 Å². The molecule has 3 rings (SSSR count). The van der Waals surface area contributed by atoms with Gasteiger partial charge in [-0.25, -0.2) is 9.18 Å². The van der Waals surface area contributed by atoms with Gasteiger partial charge >= 0.3 is 6.03 Å². The zero-order valence-corrected chi connectivity index (χ0v) is 17.4. The van der Waals surface area contributed by atoms with Crippen molar-refractivity contribution >= 4 is 52.5 Å². The smallest absolute Gasteiger partial charge is 0.325 e. The molecule has 1 heterocycles. The van der Waals surface area contributed by atoms with Crippen LogP contribution in [0.5, 0.6) is 0 Å². The molecule has 2 aromatic carbocycles. The number of carbonyl (C=O) groups is 4. The Hall–Kier alpha value is -2.97. The molecular weight excluding hydrogens is 436 g/mol. The van der Waals surface area contributed by atoms with Crippen molar-refractivity contribution in [3.05, 3.63) is 63.4 Å². The third kappa shape index (κ3) is 4.01. The summed E-state index contributed by atoms with van der Waals surface area (Å²) in [7, 11) is 0. The van der Waals surface area contributed by atoms with Crippen LogP contribution in [0.4, 0.5) is 14.9 Å². The lowest BCUT2D eigenvalue weighted by Gasteiger charge is -2.23. The Balaban J connectivity index is 1.83. The van der Waals surface area contributed by atoms with E-state index in [2.05, 4.69) is 10.6 Å². The summed E-state index contributed by atoms with van der Waals surface area (Å²) in [4.78, 5) is 49.7. The van der Waals surface area contributed by atoms with Gasteiger partial charge in [-0.15, -0.1) is 0 Å². The lowest BCUT2D eigenvalue weighted by atomic mass is 9.92. The van der Waals surface area contributed by atoms with Crippen LogP contribution in [0.15, 0.2) is 36.4 Å². The lowest BCUT2D eigenvalue weighted by molar-refractivity contribution is -0.130. The summed E-state index contributed by atoms with van der Waals surface area (Å²) < 4.78 is 14.3. The molecule has 156 valence electrons. The van der Waals surface area contributed by atoms with Gasteiger partial charge in [0.1, 0.15) is 11.4 Å². The number of amides is 4. The minimum absolute atomic E-state index is 0.173. The number of halogens is 3. The number of urea groups is 1. The van der Waals surface area contributed by atoms with Gasteiger partial charge in [0.25, 0.3) is 5.91 Å². The number of rotatable bonds is 5. The standard InChI is InChI=1S/C20H16Cl2FN3O4/c1-10(27)24-12-4-5-13(16(23)8-12)17(28)9-26-18(29)20(2,25-19(26)30)14-6-3-11(21)7-15(14)22/h3-8H,9H2,1-2H3,(H,24,27)(H,25,30). The molecule has 0 saturated carbocycles. The van der Waals surface area contributed by atoms with Crippen LogP contribution in [0.2, 0.25) is 10.0 Å². The molecule has 0 aromatic heterocycles. The van der Waals surface area contributed by atoms with E-state index in [9.17, 15) is 23.6 Å². The zero-order valence-electron chi connectivity index (χ0n) is 15.9. The van der Waals surface area contributed by atoms with Crippen LogP contribution >= 0.6 is 23.2 Å². The van der Waals surface area contributed by atoms with Gasteiger partial charge in [0.15, 0.2) is 5.78 Å². The van der Waals surface area contributed by atoms with E-state index < -0.39 is 41.5 Å². The van der Waals surface area contributed by atoms with Crippen molar-refractivity contribution in [3.8, 4) is 0 Å². The average Bonchev–Trinajstić information content (AvgIpc) is 2.84. The third-order valence-corrected chi connectivity index (χ3v) is 5.18. The maximum absolute atomic E-state index is 14.3.